The smallest absolute Gasteiger partial charge is 0.227 e. The molecule has 0 aliphatic heterocycles. The van der Waals surface area contributed by atoms with Gasteiger partial charge in [-0.3, -0.25) is 4.79 Å². The molecule has 0 saturated heterocycles. The number of rotatable bonds is 8. The van der Waals surface area contributed by atoms with E-state index >= 15 is 0 Å². The Morgan fingerprint density at radius 3 is 2.62 bits per heavy atom. The average molecular weight is 357 g/mol. The van der Waals surface area contributed by atoms with E-state index in [1.807, 2.05) is 4.90 Å². The first kappa shape index (κ1) is 18.4. The van der Waals surface area contributed by atoms with Crippen molar-refractivity contribution in [3.63, 3.8) is 0 Å². The highest BCUT2D eigenvalue weighted by atomic mass is 19.1. The predicted molar refractivity (Wildman–Crippen MR) is 95.6 cm³/mol. The summed E-state index contributed by atoms with van der Waals surface area (Å²) in [5, 5.41) is 15.1. The molecule has 1 aliphatic carbocycles. The summed E-state index contributed by atoms with van der Waals surface area (Å²) in [5.74, 6) is -0.106. The number of carbonyl (C=O) groups is 1. The molecule has 6 nitrogen and oxygen atoms in total. The maximum Gasteiger partial charge on any atom is 0.227 e. The number of hydrogen-bond donors (Lipinski definition) is 0. The first-order chi connectivity index (χ1) is 12.7. The number of amides is 1. The van der Waals surface area contributed by atoms with E-state index in [0.717, 1.165) is 38.6 Å². The lowest BCUT2D eigenvalue weighted by molar-refractivity contribution is -0.134. The molecule has 1 aliphatic rings. The number of benzene rings is 1. The van der Waals surface area contributed by atoms with E-state index in [9.17, 15) is 9.18 Å². The van der Waals surface area contributed by atoms with Crippen LogP contribution in [0.4, 0.5) is 4.39 Å². The Hall–Kier alpha value is -2.44. The van der Waals surface area contributed by atoms with Crippen LogP contribution in [-0.4, -0.2) is 43.8 Å². The molecule has 7 heteroatoms. The largest absolute Gasteiger partial charge is 0.339 e. The fourth-order valence-corrected chi connectivity index (χ4v) is 3.22. The summed E-state index contributed by atoms with van der Waals surface area (Å²) >= 11 is 0. The van der Waals surface area contributed by atoms with Gasteiger partial charge in [0, 0.05) is 18.2 Å². The minimum absolute atomic E-state index is 0.0626. The van der Waals surface area contributed by atoms with Crippen LogP contribution in [0.25, 0.3) is 11.4 Å². The predicted octanol–water partition coefficient (Wildman–Crippen LogP) is 3.19. The van der Waals surface area contributed by atoms with Gasteiger partial charge < -0.3 is 4.90 Å². The Morgan fingerprint density at radius 1 is 1.19 bits per heavy atom. The first-order valence-electron chi connectivity index (χ1n) is 9.27. The molecule has 1 amide bonds. The van der Waals surface area contributed by atoms with Gasteiger partial charge >= 0.3 is 0 Å². The highest BCUT2D eigenvalue weighted by molar-refractivity contribution is 5.79. The third-order valence-corrected chi connectivity index (χ3v) is 4.82. The second-order valence-corrected chi connectivity index (χ2v) is 6.77. The maximum atomic E-state index is 14.0. The molecule has 0 spiro atoms. The number of nitrogens with zero attached hydrogens (tertiary/aromatic N) is 5. The lowest BCUT2D eigenvalue weighted by Crippen LogP contribution is -2.45. The molecule has 1 saturated carbocycles. The van der Waals surface area contributed by atoms with E-state index in [-0.39, 0.29) is 18.2 Å². The quantitative estimate of drug-likeness (QED) is 0.679. The first-order valence-corrected chi connectivity index (χ1v) is 9.27. The molecule has 1 fully saturated rings. The number of aromatic nitrogens is 4. The molecular weight excluding hydrogens is 333 g/mol. The average Bonchev–Trinajstić information content (AvgIpc) is 2.59. The molecule has 0 unspecified atom stereocenters. The van der Waals surface area contributed by atoms with Crippen molar-refractivity contribution in [1.29, 1.82) is 0 Å². The van der Waals surface area contributed by atoms with Crippen LogP contribution in [0.5, 0.6) is 0 Å². The normalized spacial score (nSPS) is 14.1. The zero-order valence-electron chi connectivity index (χ0n) is 15.1. The molecule has 1 heterocycles. The Kier molecular flexibility index (Phi) is 6.20. The van der Waals surface area contributed by atoms with Gasteiger partial charge in [0.15, 0.2) is 6.33 Å². The summed E-state index contributed by atoms with van der Waals surface area (Å²) in [4.78, 5) is 14.8. The lowest BCUT2D eigenvalue weighted by atomic mass is 9.90. The highest BCUT2D eigenvalue weighted by Crippen LogP contribution is 2.26. The van der Waals surface area contributed by atoms with Crippen LogP contribution in [0.2, 0.25) is 0 Å². The molecule has 1 aromatic heterocycles. The maximum absolute atomic E-state index is 14.0. The second kappa shape index (κ2) is 8.78. The second-order valence-electron chi connectivity index (χ2n) is 6.77. The minimum atomic E-state index is -0.418. The third kappa shape index (κ3) is 4.59. The number of unbranched alkanes of at least 4 members (excludes halogenated alkanes) is 2. The Labute approximate surface area is 152 Å². The van der Waals surface area contributed by atoms with Gasteiger partial charge in [0.05, 0.1) is 6.42 Å². The van der Waals surface area contributed by atoms with Crippen molar-refractivity contribution < 1.29 is 9.18 Å². The molecule has 0 radical (unpaired) electrons. The van der Waals surface area contributed by atoms with E-state index in [4.69, 9.17) is 0 Å². The molecule has 0 atom stereocenters. The van der Waals surface area contributed by atoms with Gasteiger partial charge in [0.1, 0.15) is 5.82 Å². The van der Waals surface area contributed by atoms with E-state index in [1.165, 1.54) is 24.9 Å². The van der Waals surface area contributed by atoms with Crippen LogP contribution in [0.1, 0.15) is 51.0 Å². The Morgan fingerprint density at radius 2 is 1.96 bits per heavy atom. The van der Waals surface area contributed by atoms with E-state index < -0.39 is 5.82 Å². The number of hydrogen-bond acceptors (Lipinski definition) is 5. The van der Waals surface area contributed by atoms with Crippen molar-refractivity contribution in [2.24, 2.45) is 0 Å². The molecule has 2 aromatic rings. The van der Waals surface area contributed by atoms with Gasteiger partial charge in [-0.2, -0.15) is 0 Å². The molecule has 1 aromatic carbocycles. The molecular formula is C19H24FN5O. The fraction of sp³-hybridized carbons (Fsp3) is 0.526. The van der Waals surface area contributed by atoms with Crippen molar-refractivity contribution in [2.75, 3.05) is 6.54 Å². The topological polar surface area (TPSA) is 71.9 Å². The van der Waals surface area contributed by atoms with Crippen molar-refractivity contribution in [3.8, 4) is 11.4 Å². The molecule has 3 rings (SSSR count). The molecule has 138 valence electrons. The van der Waals surface area contributed by atoms with Crippen LogP contribution in [-0.2, 0) is 11.2 Å². The third-order valence-electron chi connectivity index (χ3n) is 4.82. The number of carbonyl (C=O) groups excluding carboxylic acids is 1. The standard InChI is InChI=1S/C19H24FN5O/c1-2-3-4-8-25(17-6-5-7-17)18(26)11-14-9-15(12-16(20)10-14)19-23-21-13-22-24-19/h9-10,12-13,17H,2-8,11H2,1H3. The van der Waals surface area contributed by atoms with Crippen LogP contribution in [0.3, 0.4) is 0 Å². The molecule has 0 bridgehead atoms. The number of halogens is 1. The fourth-order valence-electron chi connectivity index (χ4n) is 3.22. The van der Waals surface area contributed by atoms with Gasteiger partial charge in [-0.1, -0.05) is 19.8 Å². The van der Waals surface area contributed by atoms with E-state index in [2.05, 4.69) is 27.3 Å². The highest BCUT2D eigenvalue weighted by Gasteiger charge is 2.28. The van der Waals surface area contributed by atoms with Gasteiger partial charge in [0.2, 0.25) is 11.7 Å². The van der Waals surface area contributed by atoms with Gasteiger partial charge in [0.25, 0.3) is 0 Å². The van der Waals surface area contributed by atoms with E-state index in [0.29, 0.717) is 17.2 Å². The summed E-state index contributed by atoms with van der Waals surface area (Å²) < 4.78 is 14.0. The van der Waals surface area contributed by atoms with Crippen LogP contribution in [0, 0.1) is 5.82 Å². The van der Waals surface area contributed by atoms with Crippen LogP contribution in [0.15, 0.2) is 24.5 Å². The monoisotopic (exact) mass is 357 g/mol. The van der Waals surface area contributed by atoms with Gasteiger partial charge in [-0.15, -0.1) is 20.4 Å². The zero-order chi connectivity index (χ0) is 18.4. The van der Waals surface area contributed by atoms with Crippen LogP contribution < -0.4 is 0 Å². The summed E-state index contributed by atoms with van der Waals surface area (Å²) in [6.45, 7) is 2.94. The van der Waals surface area contributed by atoms with Crippen LogP contribution >= 0.6 is 0 Å². The summed E-state index contributed by atoms with van der Waals surface area (Å²) in [6, 6.07) is 4.82. The molecule has 0 N–H and O–H groups in total. The summed E-state index contributed by atoms with van der Waals surface area (Å²) in [6.07, 6.45) is 7.98. The van der Waals surface area contributed by atoms with E-state index in [1.54, 1.807) is 6.07 Å². The van der Waals surface area contributed by atoms with Crippen molar-refractivity contribution in [1.82, 2.24) is 25.3 Å². The van der Waals surface area contributed by atoms with Crippen molar-refractivity contribution >= 4 is 5.91 Å². The zero-order valence-corrected chi connectivity index (χ0v) is 15.1. The minimum Gasteiger partial charge on any atom is -0.339 e. The lowest BCUT2D eigenvalue weighted by Gasteiger charge is -2.38. The Balaban J connectivity index is 1.73. The molecule has 26 heavy (non-hydrogen) atoms. The summed E-state index contributed by atoms with van der Waals surface area (Å²) in [7, 11) is 0. The van der Waals surface area contributed by atoms with Gasteiger partial charge in [-0.05, 0) is 49.4 Å². The van der Waals surface area contributed by atoms with Crippen molar-refractivity contribution in [3.05, 3.63) is 35.9 Å². The summed E-state index contributed by atoms with van der Waals surface area (Å²) in [5.41, 5.74) is 1.10. The van der Waals surface area contributed by atoms with Crippen molar-refractivity contribution in [2.45, 2.75) is 57.9 Å². The SMILES string of the molecule is CCCCCN(C(=O)Cc1cc(F)cc(-c2nncnn2)c1)C1CCC1. The van der Waals surface area contributed by atoms with Gasteiger partial charge in [-0.25, -0.2) is 4.39 Å². The Bertz CT molecular complexity index is 736.